The predicted molar refractivity (Wildman–Crippen MR) is 59.7 cm³/mol. The Morgan fingerprint density at radius 1 is 1.38 bits per heavy atom. The van der Waals surface area contributed by atoms with E-state index in [1.165, 1.54) is 0 Å². The molecule has 1 aliphatic rings. The van der Waals surface area contributed by atoms with Crippen LogP contribution in [0.3, 0.4) is 0 Å². The van der Waals surface area contributed by atoms with Crippen molar-refractivity contribution in [3.8, 4) is 0 Å². The Balaban J connectivity index is 2.42. The molecule has 0 aliphatic heterocycles. The molecule has 0 radical (unpaired) electrons. The molecular weight excluding hydrogens is 204 g/mol. The fourth-order valence-corrected chi connectivity index (χ4v) is 2.39. The summed E-state index contributed by atoms with van der Waals surface area (Å²) < 4.78 is 0. The Morgan fingerprint density at radius 3 is 2.56 bits per heavy atom. The van der Waals surface area contributed by atoms with E-state index in [1.807, 2.05) is 26.0 Å². The molecule has 0 saturated carbocycles. The molecule has 1 N–H and O–H groups in total. The number of aliphatic carboxylic acids is 1. The Hall–Kier alpha value is -1.64. The lowest BCUT2D eigenvalue weighted by Crippen LogP contribution is -2.14. The molecule has 0 fully saturated rings. The molecule has 0 amide bonds. The van der Waals surface area contributed by atoms with Crippen molar-refractivity contribution in [2.75, 3.05) is 0 Å². The van der Waals surface area contributed by atoms with Crippen LogP contribution in [0, 0.1) is 19.8 Å². The number of hydrogen-bond donors (Lipinski definition) is 1. The zero-order valence-electron chi connectivity index (χ0n) is 9.41. The number of carboxylic acids is 1. The summed E-state index contributed by atoms with van der Waals surface area (Å²) in [6.45, 7) is 3.87. The zero-order chi connectivity index (χ0) is 11.9. The second kappa shape index (κ2) is 3.74. The summed E-state index contributed by atoms with van der Waals surface area (Å²) in [6.07, 6.45) is 0.514. The van der Waals surface area contributed by atoms with E-state index in [-0.39, 0.29) is 18.1 Å². The van der Waals surface area contributed by atoms with Crippen molar-refractivity contribution in [3.63, 3.8) is 0 Å². The largest absolute Gasteiger partial charge is 0.481 e. The standard InChI is InChI=1S/C13H14O3/c1-7-3-4-8(2)12-10(7)5-9(13(12)16)6-11(14)15/h3-4,9H,5-6H2,1-2H3,(H,14,15). The Kier molecular flexibility index (Phi) is 2.54. The number of carbonyl (C=O) groups excluding carboxylic acids is 1. The summed E-state index contributed by atoms with van der Waals surface area (Å²) in [5.41, 5.74) is 3.84. The van der Waals surface area contributed by atoms with Gasteiger partial charge in [-0.3, -0.25) is 9.59 Å². The summed E-state index contributed by atoms with van der Waals surface area (Å²) in [5.74, 6) is -1.27. The number of carbonyl (C=O) groups is 2. The molecule has 16 heavy (non-hydrogen) atoms. The lowest BCUT2D eigenvalue weighted by Gasteiger charge is -2.04. The first-order valence-corrected chi connectivity index (χ1v) is 5.35. The average molecular weight is 218 g/mol. The van der Waals surface area contributed by atoms with E-state index < -0.39 is 5.97 Å². The maximum Gasteiger partial charge on any atom is 0.304 e. The van der Waals surface area contributed by atoms with Gasteiger partial charge in [-0.15, -0.1) is 0 Å². The van der Waals surface area contributed by atoms with Crippen LogP contribution in [0.25, 0.3) is 0 Å². The summed E-state index contributed by atoms with van der Waals surface area (Å²) in [7, 11) is 0. The number of Topliss-reactive ketones (excluding diaryl/α,β-unsaturated/α-hetero) is 1. The van der Waals surface area contributed by atoms with E-state index in [4.69, 9.17) is 5.11 Å². The molecule has 1 aromatic carbocycles. The molecule has 1 unspecified atom stereocenters. The summed E-state index contributed by atoms with van der Waals surface area (Å²) >= 11 is 0. The maximum atomic E-state index is 12.0. The number of rotatable bonds is 2. The van der Waals surface area contributed by atoms with Crippen LogP contribution in [0.1, 0.15) is 33.5 Å². The highest BCUT2D eigenvalue weighted by Gasteiger charge is 2.33. The monoisotopic (exact) mass is 218 g/mol. The van der Waals surface area contributed by atoms with Crippen molar-refractivity contribution in [2.24, 2.45) is 5.92 Å². The molecular formula is C13H14O3. The molecule has 1 aliphatic carbocycles. The smallest absolute Gasteiger partial charge is 0.304 e. The van der Waals surface area contributed by atoms with Crippen molar-refractivity contribution < 1.29 is 14.7 Å². The first-order valence-electron chi connectivity index (χ1n) is 5.35. The van der Waals surface area contributed by atoms with Gasteiger partial charge in [0.2, 0.25) is 0 Å². The molecule has 0 aromatic heterocycles. The van der Waals surface area contributed by atoms with Crippen LogP contribution in [-0.2, 0) is 11.2 Å². The first-order chi connectivity index (χ1) is 7.50. The van der Waals surface area contributed by atoms with Gasteiger partial charge in [0, 0.05) is 11.5 Å². The van der Waals surface area contributed by atoms with Crippen LogP contribution in [0.5, 0.6) is 0 Å². The summed E-state index contributed by atoms with van der Waals surface area (Å²) in [4.78, 5) is 22.7. The van der Waals surface area contributed by atoms with E-state index in [0.717, 1.165) is 22.3 Å². The second-order valence-corrected chi connectivity index (χ2v) is 4.42. The maximum absolute atomic E-state index is 12.0. The Morgan fingerprint density at radius 2 is 2.00 bits per heavy atom. The fourth-order valence-electron chi connectivity index (χ4n) is 2.39. The van der Waals surface area contributed by atoms with Crippen LogP contribution in [-0.4, -0.2) is 16.9 Å². The average Bonchev–Trinajstić information content (AvgIpc) is 2.51. The third-order valence-electron chi connectivity index (χ3n) is 3.24. The molecule has 0 bridgehead atoms. The highest BCUT2D eigenvalue weighted by Crippen LogP contribution is 2.33. The van der Waals surface area contributed by atoms with Crippen LogP contribution < -0.4 is 0 Å². The van der Waals surface area contributed by atoms with E-state index >= 15 is 0 Å². The molecule has 0 spiro atoms. The molecule has 1 aromatic rings. The Labute approximate surface area is 94.1 Å². The lowest BCUT2D eigenvalue weighted by molar-refractivity contribution is -0.137. The molecule has 0 saturated heterocycles. The lowest BCUT2D eigenvalue weighted by atomic mass is 9.99. The van der Waals surface area contributed by atoms with E-state index in [0.29, 0.717) is 6.42 Å². The molecule has 2 rings (SSSR count). The third-order valence-corrected chi connectivity index (χ3v) is 3.24. The highest BCUT2D eigenvalue weighted by atomic mass is 16.4. The minimum atomic E-state index is -0.901. The Bertz CT molecular complexity index is 474. The van der Waals surface area contributed by atoms with Crippen molar-refractivity contribution in [3.05, 3.63) is 34.4 Å². The summed E-state index contributed by atoms with van der Waals surface area (Å²) in [6, 6.07) is 3.92. The number of ketones is 1. The van der Waals surface area contributed by atoms with Gasteiger partial charge < -0.3 is 5.11 Å². The second-order valence-electron chi connectivity index (χ2n) is 4.42. The molecule has 0 heterocycles. The van der Waals surface area contributed by atoms with Crippen molar-refractivity contribution in [1.82, 2.24) is 0 Å². The van der Waals surface area contributed by atoms with Gasteiger partial charge in [0.05, 0.1) is 6.42 Å². The van der Waals surface area contributed by atoms with Gasteiger partial charge in [-0.25, -0.2) is 0 Å². The van der Waals surface area contributed by atoms with Crippen LogP contribution in [0.15, 0.2) is 12.1 Å². The normalized spacial score (nSPS) is 18.6. The highest BCUT2D eigenvalue weighted by molar-refractivity contribution is 6.05. The van der Waals surface area contributed by atoms with Gasteiger partial charge in [0.15, 0.2) is 5.78 Å². The van der Waals surface area contributed by atoms with E-state index in [9.17, 15) is 9.59 Å². The van der Waals surface area contributed by atoms with Crippen LogP contribution in [0.2, 0.25) is 0 Å². The quantitative estimate of drug-likeness (QED) is 0.827. The fraction of sp³-hybridized carbons (Fsp3) is 0.385. The molecule has 1 atom stereocenters. The minimum absolute atomic E-state index is 0.00130. The number of carboxylic acid groups (broad SMARTS) is 1. The van der Waals surface area contributed by atoms with E-state index in [1.54, 1.807) is 0 Å². The van der Waals surface area contributed by atoms with Crippen molar-refractivity contribution >= 4 is 11.8 Å². The van der Waals surface area contributed by atoms with Crippen molar-refractivity contribution in [2.45, 2.75) is 26.7 Å². The number of fused-ring (bicyclic) bond motifs is 1. The van der Waals surface area contributed by atoms with Gasteiger partial charge >= 0.3 is 5.97 Å². The van der Waals surface area contributed by atoms with Gasteiger partial charge in [-0.1, -0.05) is 12.1 Å². The first kappa shape index (κ1) is 10.9. The van der Waals surface area contributed by atoms with Crippen LogP contribution in [0.4, 0.5) is 0 Å². The number of hydrogen-bond acceptors (Lipinski definition) is 2. The minimum Gasteiger partial charge on any atom is -0.481 e. The molecule has 3 nitrogen and oxygen atoms in total. The summed E-state index contributed by atoms with van der Waals surface area (Å²) in [5, 5.41) is 8.76. The topological polar surface area (TPSA) is 54.4 Å². The molecule has 3 heteroatoms. The number of aryl methyl sites for hydroxylation is 2. The molecule has 84 valence electrons. The van der Waals surface area contributed by atoms with Gasteiger partial charge in [0.1, 0.15) is 0 Å². The van der Waals surface area contributed by atoms with Crippen molar-refractivity contribution in [1.29, 1.82) is 0 Å². The van der Waals surface area contributed by atoms with Gasteiger partial charge in [-0.05, 0) is 37.0 Å². The van der Waals surface area contributed by atoms with E-state index in [2.05, 4.69) is 0 Å². The SMILES string of the molecule is Cc1ccc(C)c2c1CC(CC(=O)O)C2=O. The van der Waals surface area contributed by atoms with Gasteiger partial charge in [0.25, 0.3) is 0 Å². The van der Waals surface area contributed by atoms with Gasteiger partial charge in [-0.2, -0.15) is 0 Å². The van der Waals surface area contributed by atoms with Crippen LogP contribution >= 0.6 is 0 Å². The third kappa shape index (κ3) is 1.62. The zero-order valence-corrected chi connectivity index (χ0v) is 9.41. The number of benzene rings is 1. The predicted octanol–water partition coefficient (Wildman–Crippen LogP) is 2.13.